The number of aliphatic hydroxyl groups excluding tert-OH is 1. The van der Waals surface area contributed by atoms with E-state index in [1.807, 2.05) is 27.7 Å². The lowest BCUT2D eigenvalue weighted by Crippen LogP contribution is -2.51. The quantitative estimate of drug-likeness (QED) is 0.752. The Morgan fingerprint density at radius 2 is 1.80 bits per heavy atom. The van der Waals surface area contributed by atoms with Gasteiger partial charge >= 0.3 is 0 Å². The molecule has 0 saturated carbocycles. The van der Waals surface area contributed by atoms with Gasteiger partial charge in [0.2, 0.25) is 0 Å². The summed E-state index contributed by atoms with van der Waals surface area (Å²) in [5, 5.41) is 20.2. The first-order valence-corrected chi connectivity index (χ1v) is 5.82. The van der Waals surface area contributed by atoms with Gasteiger partial charge in [0.25, 0.3) is 0 Å². The van der Waals surface area contributed by atoms with Crippen LogP contribution in [0.5, 0.6) is 0 Å². The normalized spacial score (nSPS) is 30.8. The summed E-state index contributed by atoms with van der Waals surface area (Å²) < 4.78 is 5.61. The van der Waals surface area contributed by atoms with Crippen LogP contribution < -0.4 is 0 Å². The molecule has 0 aromatic heterocycles. The number of ether oxygens (including phenoxy) is 1. The first kappa shape index (κ1) is 12.9. The summed E-state index contributed by atoms with van der Waals surface area (Å²) in [5.74, 6) is 0. The van der Waals surface area contributed by atoms with Gasteiger partial charge in [-0.15, -0.1) is 0 Å². The first-order chi connectivity index (χ1) is 6.85. The zero-order chi connectivity index (χ0) is 11.7. The number of rotatable bonds is 4. The maximum atomic E-state index is 10.7. The minimum Gasteiger partial charge on any atom is -0.396 e. The molecule has 0 aromatic rings. The van der Waals surface area contributed by atoms with Crippen molar-refractivity contribution in [2.24, 2.45) is 5.41 Å². The second-order valence-electron chi connectivity index (χ2n) is 5.40. The van der Waals surface area contributed by atoms with Gasteiger partial charge in [0.05, 0.1) is 24.4 Å². The molecule has 2 N–H and O–H groups in total. The highest BCUT2D eigenvalue weighted by molar-refractivity contribution is 5.04. The van der Waals surface area contributed by atoms with E-state index in [0.717, 1.165) is 12.8 Å². The Balaban J connectivity index is 2.94. The average molecular weight is 216 g/mol. The Morgan fingerprint density at radius 1 is 1.27 bits per heavy atom. The molecular weight excluding hydrogens is 192 g/mol. The molecule has 0 amide bonds. The second-order valence-corrected chi connectivity index (χ2v) is 5.40. The fourth-order valence-corrected chi connectivity index (χ4v) is 2.74. The third kappa shape index (κ3) is 2.05. The van der Waals surface area contributed by atoms with Crippen molar-refractivity contribution in [3.63, 3.8) is 0 Å². The molecule has 3 heteroatoms. The van der Waals surface area contributed by atoms with Crippen LogP contribution in [-0.4, -0.2) is 34.6 Å². The van der Waals surface area contributed by atoms with Gasteiger partial charge in [0, 0.05) is 11.8 Å². The Morgan fingerprint density at radius 3 is 2.07 bits per heavy atom. The Labute approximate surface area is 92.4 Å². The van der Waals surface area contributed by atoms with Crippen LogP contribution in [-0.2, 0) is 4.74 Å². The van der Waals surface area contributed by atoms with E-state index in [1.165, 1.54) is 0 Å². The molecule has 1 aliphatic rings. The van der Waals surface area contributed by atoms with E-state index in [4.69, 9.17) is 4.74 Å². The van der Waals surface area contributed by atoms with E-state index in [9.17, 15) is 10.2 Å². The van der Waals surface area contributed by atoms with E-state index in [0.29, 0.717) is 13.0 Å². The molecule has 0 aromatic carbocycles. The van der Waals surface area contributed by atoms with Gasteiger partial charge in [-0.25, -0.2) is 0 Å². The summed E-state index contributed by atoms with van der Waals surface area (Å²) in [6.45, 7) is 8.36. The van der Waals surface area contributed by atoms with Gasteiger partial charge < -0.3 is 14.9 Å². The summed E-state index contributed by atoms with van der Waals surface area (Å²) in [5.41, 5.74) is -1.57. The Kier molecular flexibility index (Phi) is 3.49. The highest BCUT2D eigenvalue weighted by Crippen LogP contribution is 2.47. The third-order valence-electron chi connectivity index (χ3n) is 4.06. The average Bonchev–Trinajstić information content (AvgIpc) is 2.46. The maximum Gasteiger partial charge on any atom is 0.0985 e. The fraction of sp³-hybridized carbons (Fsp3) is 1.00. The maximum absolute atomic E-state index is 10.7. The summed E-state index contributed by atoms with van der Waals surface area (Å²) >= 11 is 0. The molecule has 1 rings (SSSR count). The topological polar surface area (TPSA) is 49.7 Å². The molecule has 3 nitrogen and oxygen atoms in total. The molecule has 0 aliphatic carbocycles. The standard InChI is InChI=1S/C12H24O3/c1-5-11(6-2,8-13)12(14)7-10(3,4)15-9-12/h13-14H,5-9H2,1-4H3. The van der Waals surface area contributed by atoms with Gasteiger partial charge in [-0.1, -0.05) is 13.8 Å². The molecule has 0 spiro atoms. The van der Waals surface area contributed by atoms with Crippen LogP contribution in [0.2, 0.25) is 0 Å². The lowest BCUT2D eigenvalue weighted by atomic mass is 9.66. The molecular formula is C12H24O3. The van der Waals surface area contributed by atoms with Crippen LogP contribution in [0.15, 0.2) is 0 Å². The first-order valence-electron chi connectivity index (χ1n) is 5.82. The van der Waals surface area contributed by atoms with E-state index in [-0.39, 0.29) is 12.2 Å². The monoisotopic (exact) mass is 216 g/mol. The van der Waals surface area contributed by atoms with Crippen LogP contribution in [0.3, 0.4) is 0 Å². The fourth-order valence-electron chi connectivity index (χ4n) is 2.74. The van der Waals surface area contributed by atoms with Crippen molar-refractivity contribution in [3.8, 4) is 0 Å². The second kappa shape index (κ2) is 4.04. The van der Waals surface area contributed by atoms with Crippen molar-refractivity contribution < 1.29 is 14.9 Å². The zero-order valence-corrected chi connectivity index (χ0v) is 10.3. The molecule has 1 aliphatic heterocycles. The van der Waals surface area contributed by atoms with Gasteiger partial charge in [0.1, 0.15) is 0 Å². The van der Waals surface area contributed by atoms with Crippen LogP contribution in [0.4, 0.5) is 0 Å². The smallest absolute Gasteiger partial charge is 0.0985 e. The highest BCUT2D eigenvalue weighted by atomic mass is 16.5. The molecule has 15 heavy (non-hydrogen) atoms. The van der Waals surface area contributed by atoms with E-state index in [2.05, 4.69) is 0 Å². The number of hydrogen-bond donors (Lipinski definition) is 2. The molecule has 1 saturated heterocycles. The zero-order valence-electron chi connectivity index (χ0n) is 10.3. The molecule has 1 heterocycles. The van der Waals surface area contributed by atoms with E-state index >= 15 is 0 Å². The predicted octanol–water partition coefficient (Wildman–Crippen LogP) is 1.72. The van der Waals surface area contributed by atoms with Gasteiger partial charge in [0.15, 0.2) is 0 Å². The Bertz CT molecular complexity index is 213. The molecule has 1 unspecified atom stereocenters. The molecule has 1 fully saturated rings. The number of aliphatic hydroxyl groups is 2. The molecule has 90 valence electrons. The third-order valence-corrected chi connectivity index (χ3v) is 4.06. The van der Waals surface area contributed by atoms with E-state index < -0.39 is 11.0 Å². The van der Waals surface area contributed by atoms with Crippen molar-refractivity contribution in [2.75, 3.05) is 13.2 Å². The molecule has 0 bridgehead atoms. The molecule has 0 radical (unpaired) electrons. The molecule has 1 atom stereocenters. The largest absolute Gasteiger partial charge is 0.396 e. The van der Waals surface area contributed by atoms with Gasteiger partial charge in [-0.3, -0.25) is 0 Å². The van der Waals surface area contributed by atoms with Crippen LogP contribution in [0.1, 0.15) is 47.0 Å². The van der Waals surface area contributed by atoms with Gasteiger partial charge in [-0.05, 0) is 26.7 Å². The van der Waals surface area contributed by atoms with Crippen LogP contribution in [0, 0.1) is 5.41 Å². The van der Waals surface area contributed by atoms with Gasteiger partial charge in [-0.2, -0.15) is 0 Å². The van der Waals surface area contributed by atoms with Crippen molar-refractivity contribution in [1.29, 1.82) is 0 Å². The van der Waals surface area contributed by atoms with Crippen molar-refractivity contribution in [1.82, 2.24) is 0 Å². The summed E-state index contributed by atoms with van der Waals surface area (Å²) in [4.78, 5) is 0. The lowest BCUT2D eigenvalue weighted by Gasteiger charge is -2.42. The van der Waals surface area contributed by atoms with E-state index in [1.54, 1.807) is 0 Å². The SMILES string of the molecule is CCC(CC)(CO)C1(O)COC(C)(C)C1. The van der Waals surface area contributed by atoms with Crippen molar-refractivity contribution in [2.45, 2.75) is 58.2 Å². The highest BCUT2D eigenvalue weighted by Gasteiger charge is 2.54. The van der Waals surface area contributed by atoms with Crippen LogP contribution in [0.25, 0.3) is 0 Å². The number of hydrogen-bond acceptors (Lipinski definition) is 3. The van der Waals surface area contributed by atoms with Crippen LogP contribution >= 0.6 is 0 Å². The lowest BCUT2D eigenvalue weighted by molar-refractivity contribution is -0.115. The summed E-state index contributed by atoms with van der Waals surface area (Å²) in [7, 11) is 0. The van der Waals surface area contributed by atoms with Crippen molar-refractivity contribution >= 4 is 0 Å². The minimum absolute atomic E-state index is 0.0237. The summed E-state index contributed by atoms with van der Waals surface area (Å²) in [6, 6.07) is 0. The summed E-state index contributed by atoms with van der Waals surface area (Å²) in [6.07, 6.45) is 2.15. The van der Waals surface area contributed by atoms with Crippen molar-refractivity contribution in [3.05, 3.63) is 0 Å². The predicted molar refractivity (Wildman–Crippen MR) is 59.7 cm³/mol. The Hall–Kier alpha value is -0.120. The minimum atomic E-state index is -0.880.